The van der Waals surface area contributed by atoms with Gasteiger partial charge in [-0.3, -0.25) is 24.6 Å². The van der Waals surface area contributed by atoms with Crippen molar-refractivity contribution in [3.05, 3.63) is 63.7 Å². The number of anilines is 2. The van der Waals surface area contributed by atoms with Gasteiger partial charge in [0.2, 0.25) is 5.91 Å². The number of hydrogen-bond acceptors (Lipinski definition) is 5. The number of hydrogen-bond donors (Lipinski definition) is 2. The number of rotatable bonds is 5. The summed E-state index contributed by atoms with van der Waals surface area (Å²) in [5, 5.41) is 16.6. The number of nitrogens with zero attached hydrogens (tertiary/aromatic N) is 3. The van der Waals surface area contributed by atoms with Crippen molar-refractivity contribution >= 4 is 34.9 Å². The molecule has 10 nitrogen and oxygen atoms in total. The molecule has 10 heteroatoms. The number of likely N-dealkylation sites (tertiary alicyclic amines) is 1. The molecule has 2 saturated heterocycles. The summed E-state index contributed by atoms with van der Waals surface area (Å²) in [5.74, 6) is -0.638. The number of carbonyl (C=O) groups is 3. The third-order valence-corrected chi connectivity index (χ3v) is 5.74. The standard InChI is InChI=1S/C22H23N5O5/c1-14-12-15(7-8-18(14)27(31)32)21(29)26-10-3-6-19(26)20(28)24-16-4-2-5-17(13-16)25-11-9-23-22(25)30/h2,4-5,7-8,12-13,19H,3,6,9-11H2,1H3,(H,23,30)(H,24,28). The zero-order valence-electron chi connectivity index (χ0n) is 17.5. The number of nitrogens with one attached hydrogen (secondary N) is 2. The van der Waals surface area contributed by atoms with E-state index in [1.807, 2.05) is 0 Å². The van der Waals surface area contributed by atoms with Gasteiger partial charge in [-0.15, -0.1) is 0 Å². The second kappa shape index (κ2) is 8.66. The van der Waals surface area contributed by atoms with E-state index in [4.69, 9.17) is 0 Å². The van der Waals surface area contributed by atoms with Gasteiger partial charge in [-0.05, 0) is 50.1 Å². The van der Waals surface area contributed by atoms with Crippen LogP contribution in [-0.2, 0) is 4.79 Å². The Labute approximate surface area is 184 Å². The maximum absolute atomic E-state index is 13.0. The molecule has 2 aliphatic rings. The third-order valence-electron chi connectivity index (χ3n) is 5.74. The van der Waals surface area contributed by atoms with Gasteiger partial charge in [0, 0.05) is 48.2 Å². The molecule has 2 heterocycles. The first-order valence-electron chi connectivity index (χ1n) is 10.4. The predicted molar refractivity (Wildman–Crippen MR) is 118 cm³/mol. The fraction of sp³-hybridized carbons (Fsp3) is 0.318. The predicted octanol–water partition coefficient (Wildman–Crippen LogP) is 2.68. The van der Waals surface area contributed by atoms with Crippen LogP contribution in [0.2, 0.25) is 0 Å². The van der Waals surface area contributed by atoms with Crippen molar-refractivity contribution in [2.24, 2.45) is 0 Å². The van der Waals surface area contributed by atoms with Crippen molar-refractivity contribution in [3.63, 3.8) is 0 Å². The molecule has 1 unspecified atom stereocenters. The third kappa shape index (κ3) is 4.11. The molecule has 2 aliphatic heterocycles. The highest BCUT2D eigenvalue weighted by Gasteiger charge is 2.35. The van der Waals surface area contributed by atoms with Crippen LogP contribution < -0.4 is 15.5 Å². The SMILES string of the molecule is Cc1cc(C(=O)N2CCCC2C(=O)Nc2cccc(N3CCNC3=O)c2)ccc1[N+](=O)[O-]. The number of urea groups is 1. The van der Waals surface area contributed by atoms with E-state index in [-0.39, 0.29) is 23.5 Å². The number of aryl methyl sites for hydroxylation is 1. The molecule has 4 amide bonds. The van der Waals surface area contributed by atoms with E-state index in [2.05, 4.69) is 10.6 Å². The van der Waals surface area contributed by atoms with Crippen LogP contribution in [0.1, 0.15) is 28.8 Å². The van der Waals surface area contributed by atoms with Gasteiger partial charge in [-0.1, -0.05) is 6.07 Å². The maximum atomic E-state index is 13.0. The average molecular weight is 437 g/mol. The quantitative estimate of drug-likeness (QED) is 0.550. The fourth-order valence-electron chi connectivity index (χ4n) is 4.14. The minimum absolute atomic E-state index is 0.0520. The van der Waals surface area contributed by atoms with Crippen molar-refractivity contribution in [1.82, 2.24) is 10.2 Å². The van der Waals surface area contributed by atoms with Crippen molar-refractivity contribution < 1.29 is 19.3 Å². The summed E-state index contributed by atoms with van der Waals surface area (Å²) in [6.45, 7) is 3.13. The Hall–Kier alpha value is -3.95. The largest absolute Gasteiger partial charge is 0.336 e. The first-order valence-corrected chi connectivity index (χ1v) is 10.4. The second-order valence-corrected chi connectivity index (χ2v) is 7.84. The van der Waals surface area contributed by atoms with Crippen molar-refractivity contribution in [2.45, 2.75) is 25.8 Å². The highest BCUT2D eigenvalue weighted by atomic mass is 16.6. The normalized spacial score (nSPS) is 17.9. The monoisotopic (exact) mass is 437 g/mol. The van der Waals surface area contributed by atoms with Gasteiger partial charge in [-0.2, -0.15) is 0 Å². The average Bonchev–Trinajstić information content (AvgIpc) is 3.42. The van der Waals surface area contributed by atoms with Crippen LogP contribution in [-0.4, -0.2) is 53.3 Å². The zero-order valence-corrected chi connectivity index (χ0v) is 17.5. The van der Waals surface area contributed by atoms with Crippen molar-refractivity contribution in [2.75, 3.05) is 29.9 Å². The van der Waals surface area contributed by atoms with Crippen LogP contribution in [0, 0.1) is 17.0 Å². The van der Waals surface area contributed by atoms with E-state index in [1.165, 1.54) is 23.1 Å². The fourth-order valence-corrected chi connectivity index (χ4v) is 4.14. The lowest BCUT2D eigenvalue weighted by atomic mass is 10.1. The molecule has 2 aromatic rings. The topological polar surface area (TPSA) is 125 Å². The van der Waals surface area contributed by atoms with Gasteiger partial charge in [0.25, 0.3) is 11.6 Å². The van der Waals surface area contributed by atoms with Crippen molar-refractivity contribution in [1.29, 1.82) is 0 Å². The Balaban J connectivity index is 1.48. The first-order chi connectivity index (χ1) is 15.3. The molecule has 166 valence electrons. The minimum atomic E-state index is -0.642. The van der Waals surface area contributed by atoms with Crippen LogP contribution in [0.5, 0.6) is 0 Å². The van der Waals surface area contributed by atoms with E-state index >= 15 is 0 Å². The molecule has 0 saturated carbocycles. The molecule has 2 N–H and O–H groups in total. The van der Waals surface area contributed by atoms with E-state index in [0.717, 1.165) is 0 Å². The highest BCUT2D eigenvalue weighted by molar-refractivity contribution is 6.02. The van der Waals surface area contributed by atoms with E-state index in [9.17, 15) is 24.5 Å². The number of amides is 4. The smallest absolute Gasteiger partial charge is 0.321 e. The molecular formula is C22H23N5O5. The summed E-state index contributed by atoms with van der Waals surface area (Å²) in [6.07, 6.45) is 1.21. The molecule has 4 rings (SSSR count). The summed E-state index contributed by atoms with van der Waals surface area (Å²) in [5.41, 5.74) is 1.87. The molecule has 0 bridgehead atoms. The summed E-state index contributed by atoms with van der Waals surface area (Å²) in [7, 11) is 0. The number of carbonyl (C=O) groups excluding carboxylic acids is 3. The summed E-state index contributed by atoms with van der Waals surface area (Å²) in [4.78, 5) is 51.6. The van der Waals surface area contributed by atoms with Crippen LogP contribution >= 0.6 is 0 Å². The summed E-state index contributed by atoms with van der Waals surface area (Å²) >= 11 is 0. The molecule has 0 aromatic heterocycles. The van der Waals surface area contributed by atoms with Crippen LogP contribution in [0.3, 0.4) is 0 Å². The Bertz CT molecular complexity index is 1100. The first kappa shape index (κ1) is 21.3. The second-order valence-electron chi connectivity index (χ2n) is 7.84. The van der Waals surface area contributed by atoms with Crippen LogP contribution in [0.25, 0.3) is 0 Å². The van der Waals surface area contributed by atoms with Gasteiger partial charge in [-0.25, -0.2) is 4.79 Å². The van der Waals surface area contributed by atoms with Crippen LogP contribution in [0.4, 0.5) is 21.9 Å². The zero-order chi connectivity index (χ0) is 22.8. The van der Waals surface area contributed by atoms with Gasteiger partial charge >= 0.3 is 6.03 Å². The molecule has 0 aliphatic carbocycles. The lowest BCUT2D eigenvalue weighted by Gasteiger charge is -2.24. The van der Waals surface area contributed by atoms with Gasteiger partial charge in [0.15, 0.2) is 0 Å². The molecular weight excluding hydrogens is 414 g/mol. The Morgan fingerprint density at radius 3 is 2.69 bits per heavy atom. The molecule has 32 heavy (non-hydrogen) atoms. The molecule has 0 spiro atoms. The summed E-state index contributed by atoms with van der Waals surface area (Å²) in [6, 6.07) is 10.4. The van der Waals surface area contributed by atoms with E-state index < -0.39 is 11.0 Å². The lowest BCUT2D eigenvalue weighted by molar-refractivity contribution is -0.385. The maximum Gasteiger partial charge on any atom is 0.321 e. The Morgan fingerprint density at radius 1 is 1.19 bits per heavy atom. The van der Waals surface area contributed by atoms with Crippen molar-refractivity contribution in [3.8, 4) is 0 Å². The van der Waals surface area contributed by atoms with Gasteiger partial charge < -0.3 is 15.5 Å². The lowest BCUT2D eigenvalue weighted by Crippen LogP contribution is -2.43. The number of nitro groups is 1. The Kier molecular flexibility index (Phi) is 5.76. The summed E-state index contributed by atoms with van der Waals surface area (Å²) < 4.78 is 0. The molecule has 1 atom stereocenters. The molecule has 2 fully saturated rings. The number of nitro benzene ring substituents is 1. The van der Waals surface area contributed by atoms with E-state index in [0.29, 0.717) is 55.0 Å². The Morgan fingerprint density at radius 2 is 2.00 bits per heavy atom. The van der Waals surface area contributed by atoms with E-state index in [1.54, 1.807) is 36.1 Å². The highest BCUT2D eigenvalue weighted by Crippen LogP contribution is 2.26. The van der Waals surface area contributed by atoms with Gasteiger partial charge in [0.1, 0.15) is 6.04 Å². The van der Waals surface area contributed by atoms with Crippen LogP contribution in [0.15, 0.2) is 42.5 Å². The molecule has 2 aromatic carbocycles. The number of benzene rings is 2. The molecule has 0 radical (unpaired) electrons. The van der Waals surface area contributed by atoms with Gasteiger partial charge in [0.05, 0.1) is 4.92 Å². The minimum Gasteiger partial charge on any atom is -0.336 e.